The van der Waals surface area contributed by atoms with E-state index in [9.17, 15) is 9.59 Å². The van der Waals surface area contributed by atoms with E-state index in [1.54, 1.807) is 6.08 Å². The zero-order valence-corrected chi connectivity index (χ0v) is 11.8. The molecule has 21 heavy (non-hydrogen) atoms. The second-order valence-corrected chi connectivity index (χ2v) is 4.24. The SMILES string of the molecule is CCOc1ccccc1/C=C/C(=O)NCCC(O)C(=O)O. The fourth-order valence-electron chi connectivity index (χ4n) is 1.59. The van der Waals surface area contributed by atoms with Gasteiger partial charge in [0.15, 0.2) is 6.10 Å². The number of aliphatic carboxylic acids is 1. The Morgan fingerprint density at radius 3 is 2.76 bits per heavy atom. The quantitative estimate of drug-likeness (QED) is 0.623. The lowest BCUT2D eigenvalue weighted by Gasteiger charge is -2.07. The summed E-state index contributed by atoms with van der Waals surface area (Å²) in [4.78, 5) is 22.0. The molecule has 0 heterocycles. The summed E-state index contributed by atoms with van der Waals surface area (Å²) >= 11 is 0. The lowest BCUT2D eigenvalue weighted by molar-refractivity contribution is -0.147. The van der Waals surface area contributed by atoms with Gasteiger partial charge in [-0.2, -0.15) is 0 Å². The lowest BCUT2D eigenvalue weighted by Crippen LogP contribution is -2.28. The average molecular weight is 293 g/mol. The average Bonchev–Trinajstić information content (AvgIpc) is 2.46. The molecular formula is C15H19NO5. The van der Waals surface area contributed by atoms with E-state index in [0.29, 0.717) is 12.4 Å². The smallest absolute Gasteiger partial charge is 0.332 e. The monoisotopic (exact) mass is 293 g/mol. The predicted molar refractivity (Wildman–Crippen MR) is 77.9 cm³/mol. The van der Waals surface area contributed by atoms with Gasteiger partial charge in [0.1, 0.15) is 5.75 Å². The Balaban J connectivity index is 2.49. The number of hydrogen-bond donors (Lipinski definition) is 3. The third-order valence-electron chi connectivity index (χ3n) is 2.64. The molecule has 0 fully saturated rings. The number of aliphatic hydroxyl groups excluding tert-OH is 1. The summed E-state index contributed by atoms with van der Waals surface area (Å²) < 4.78 is 5.43. The first-order valence-electron chi connectivity index (χ1n) is 6.63. The molecule has 0 aromatic heterocycles. The summed E-state index contributed by atoms with van der Waals surface area (Å²) in [6.45, 7) is 2.49. The Bertz CT molecular complexity index is 513. The maximum absolute atomic E-state index is 11.6. The van der Waals surface area contributed by atoms with Crippen LogP contribution in [0, 0.1) is 0 Å². The normalized spacial score (nSPS) is 12.1. The maximum atomic E-state index is 11.6. The molecule has 1 rings (SSSR count). The van der Waals surface area contributed by atoms with Crippen molar-refractivity contribution in [3.63, 3.8) is 0 Å². The van der Waals surface area contributed by atoms with Gasteiger partial charge in [-0.3, -0.25) is 4.79 Å². The molecule has 0 saturated carbocycles. The van der Waals surface area contributed by atoms with Crippen LogP contribution in [0.4, 0.5) is 0 Å². The van der Waals surface area contributed by atoms with E-state index in [4.69, 9.17) is 14.9 Å². The van der Waals surface area contributed by atoms with Crippen molar-refractivity contribution >= 4 is 18.0 Å². The number of rotatable bonds is 8. The van der Waals surface area contributed by atoms with Crippen molar-refractivity contribution in [3.05, 3.63) is 35.9 Å². The molecule has 1 aromatic carbocycles. The number of nitrogens with one attached hydrogen (secondary N) is 1. The zero-order valence-electron chi connectivity index (χ0n) is 11.8. The summed E-state index contributed by atoms with van der Waals surface area (Å²) in [5, 5.41) is 20.0. The summed E-state index contributed by atoms with van der Waals surface area (Å²) in [7, 11) is 0. The van der Waals surface area contributed by atoms with E-state index in [-0.39, 0.29) is 18.9 Å². The van der Waals surface area contributed by atoms with Gasteiger partial charge in [0.25, 0.3) is 0 Å². The first kappa shape index (κ1) is 16.7. The van der Waals surface area contributed by atoms with Crippen LogP contribution < -0.4 is 10.1 Å². The topological polar surface area (TPSA) is 95.9 Å². The minimum absolute atomic E-state index is 0.0373. The Morgan fingerprint density at radius 2 is 2.10 bits per heavy atom. The Labute approximate surface area is 123 Å². The molecule has 6 heteroatoms. The van der Waals surface area contributed by atoms with Crippen LogP contribution in [0.3, 0.4) is 0 Å². The molecule has 0 radical (unpaired) electrons. The summed E-state index contributed by atoms with van der Waals surface area (Å²) in [5.74, 6) is -0.977. The van der Waals surface area contributed by atoms with Gasteiger partial charge in [0, 0.05) is 24.6 Å². The largest absolute Gasteiger partial charge is 0.493 e. The Kier molecular flexibility index (Phi) is 6.97. The molecule has 1 aromatic rings. The van der Waals surface area contributed by atoms with Gasteiger partial charge in [0.2, 0.25) is 5.91 Å². The fourth-order valence-corrected chi connectivity index (χ4v) is 1.59. The summed E-state index contributed by atoms with van der Waals surface area (Å²) in [6.07, 6.45) is 1.46. The number of amides is 1. The highest BCUT2D eigenvalue weighted by atomic mass is 16.5. The third kappa shape index (κ3) is 6.09. The number of aliphatic hydroxyl groups is 1. The molecule has 6 nitrogen and oxygen atoms in total. The van der Waals surface area contributed by atoms with Gasteiger partial charge in [-0.1, -0.05) is 18.2 Å². The van der Waals surface area contributed by atoms with Gasteiger partial charge in [0.05, 0.1) is 6.61 Å². The Hall–Kier alpha value is -2.34. The van der Waals surface area contributed by atoms with E-state index in [1.807, 2.05) is 31.2 Å². The van der Waals surface area contributed by atoms with Crippen molar-refractivity contribution in [1.29, 1.82) is 0 Å². The first-order valence-corrected chi connectivity index (χ1v) is 6.63. The van der Waals surface area contributed by atoms with Crippen LogP contribution in [0.2, 0.25) is 0 Å². The fraction of sp³-hybridized carbons (Fsp3) is 0.333. The third-order valence-corrected chi connectivity index (χ3v) is 2.64. The van der Waals surface area contributed by atoms with Gasteiger partial charge >= 0.3 is 5.97 Å². The van der Waals surface area contributed by atoms with Crippen LogP contribution in [0.15, 0.2) is 30.3 Å². The molecule has 0 bridgehead atoms. The highest BCUT2D eigenvalue weighted by Crippen LogP contribution is 2.19. The zero-order chi connectivity index (χ0) is 15.7. The molecular weight excluding hydrogens is 274 g/mol. The number of carboxylic acids is 1. The Morgan fingerprint density at radius 1 is 1.38 bits per heavy atom. The van der Waals surface area contributed by atoms with E-state index in [1.165, 1.54) is 6.08 Å². The minimum Gasteiger partial charge on any atom is -0.493 e. The van der Waals surface area contributed by atoms with Crippen molar-refractivity contribution in [2.75, 3.05) is 13.2 Å². The van der Waals surface area contributed by atoms with Gasteiger partial charge in [-0.15, -0.1) is 0 Å². The number of hydrogen-bond acceptors (Lipinski definition) is 4. The second-order valence-electron chi connectivity index (χ2n) is 4.24. The molecule has 114 valence electrons. The molecule has 0 aliphatic carbocycles. The van der Waals surface area contributed by atoms with Gasteiger partial charge in [-0.25, -0.2) is 4.79 Å². The molecule has 1 atom stereocenters. The van der Waals surface area contributed by atoms with Crippen LogP contribution in [0.5, 0.6) is 5.75 Å². The van der Waals surface area contributed by atoms with Crippen molar-refractivity contribution in [1.82, 2.24) is 5.32 Å². The van der Waals surface area contributed by atoms with Crippen molar-refractivity contribution in [2.24, 2.45) is 0 Å². The molecule has 0 aliphatic rings. The highest BCUT2D eigenvalue weighted by molar-refractivity contribution is 5.92. The first-order chi connectivity index (χ1) is 10.0. The van der Waals surface area contributed by atoms with E-state index >= 15 is 0 Å². The van der Waals surface area contributed by atoms with Crippen molar-refractivity contribution in [2.45, 2.75) is 19.4 Å². The van der Waals surface area contributed by atoms with Crippen LogP contribution in [-0.4, -0.2) is 41.3 Å². The highest BCUT2D eigenvalue weighted by Gasteiger charge is 2.12. The second kappa shape index (κ2) is 8.76. The van der Waals surface area contributed by atoms with Gasteiger partial charge < -0.3 is 20.3 Å². The molecule has 0 aliphatic heterocycles. The van der Waals surface area contributed by atoms with Crippen LogP contribution >= 0.6 is 0 Å². The molecule has 3 N–H and O–H groups in total. The minimum atomic E-state index is -1.46. The molecule has 1 unspecified atom stereocenters. The van der Waals surface area contributed by atoms with E-state index < -0.39 is 12.1 Å². The summed E-state index contributed by atoms with van der Waals surface area (Å²) in [6, 6.07) is 7.31. The molecule has 1 amide bonds. The van der Waals surface area contributed by atoms with E-state index in [2.05, 4.69) is 5.32 Å². The van der Waals surface area contributed by atoms with Crippen LogP contribution in [-0.2, 0) is 9.59 Å². The number of carboxylic acid groups (broad SMARTS) is 1. The number of carbonyl (C=O) groups excluding carboxylic acids is 1. The molecule has 0 spiro atoms. The lowest BCUT2D eigenvalue weighted by atomic mass is 10.2. The van der Waals surface area contributed by atoms with Crippen LogP contribution in [0.1, 0.15) is 18.9 Å². The van der Waals surface area contributed by atoms with Crippen molar-refractivity contribution in [3.8, 4) is 5.75 Å². The van der Waals surface area contributed by atoms with Crippen molar-refractivity contribution < 1.29 is 24.5 Å². The molecule has 0 saturated heterocycles. The number of para-hydroxylation sites is 1. The number of carbonyl (C=O) groups is 2. The maximum Gasteiger partial charge on any atom is 0.332 e. The standard InChI is InChI=1S/C15H19NO5/c1-2-21-13-6-4-3-5-11(13)7-8-14(18)16-10-9-12(17)15(19)20/h3-8,12,17H,2,9-10H2,1H3,(H,16,18)(H,19,20)/b8-7+. The summed E-state index contributed by atoms with van der Waals surface area (Å²) in [5.41, 5.74) is 0.778. The predicted octanol–water partition coefficient (Wildman–Crippen LogP) is 1.05. The number of ether oxygens (including phenoxy) is 1. The number of benzene rings is 1. The van der Waals surface area contributed by atoms with Crippen LogP contribution in [0.25, 0.3) is 6.08 Å². The van der Waals surface area contributed by atoms with Gasteiger partial charge in [-0.05, 0) is 19.1 Å². The van der Waals surface area contributed by atoms with E-state index in [0.717, 1.165) is 5.56 Å².